The second-order valence-corrected chi connectivity index (χ2v) is 11.4. The first-order chi connectivity index (χ1) is 19.6. The van der Waals surface area contributed by atoms with Crippen molar-refractivity contribution in [2.24, 2.45) is 0 Å². The predicted molar refractivity (Wildman–Crippen MR) is 158 cm³/mol. The number of nitrogens with zero attached hydrogens (tertiary/aromatic N) is 2. The standard InChI is InChI=1S/C31H38FN3O5S/c1-5-20-33-31(37)29(6-2)34(21-24-11-9-8-10-23(24)4)30(36)22-35(26-14-12-25(32)13-15-26)41(38,39)28-18-16-27(17-19-28)40-7-3/h8-19,29H,5-7,20-22H2,1-4H3,(H,33,37)/t29-/m1/s1. The summed E-state index contributed by atoms with van der Waals surface area (Å²) in [6, 6.07) is 17.5. The number of aryl methyl sites for hydroxylation is 1. The summed E-state index contributed by atoms with van der Waals surface area (Å²) >= 11 is 0. The molecule has 3 aromatic carbocycles. The molecule has 0 heterocycles. The largest absolute Gasteiger partial charge is 0.494 e. The molecule has 0 radical (unpaired) electrons. The van der Waals surface area contributed by atoms with Crippen molar-refractivity contribution in [3.05, 3.63) is 89.7 Å². The lowest BCUT2D eigenvalue weighted by atomic mass is 10.1. The smallest absolute Gasteiger partial charge is 0.264 e. The van der Waals surface area contributed by atoms with E-state index >= 15 is 0 Å². The van der Waals surface area contributed by atoms with Gasteiger partial charge in [-0.1, -0.05) is 38.1 Å². The van der Waals surface area contributed by atoms with Crippen LogP contribution in [0, 0.1) is 12.7 Å². The average Bonchev–Trinajstić information content (AvgIpc) is 2.96. The Morgan fingerprint density at radius 3 is 2.20 bits per heavy atom. The monoisotopic (exact) mass is 583 g/mol. The minimum absolute atomic E-state index is 0.0590. The van der Waals surface area contributed by atoms with Crippen molar-refractivity contribution in [2.45, 2.75) is 58.0 Å². The van der Waals surface area contributed by atoms with Crippen LogP contribution in [0.3, 0.4) is 0 Å². The van der Waals surface area contributed by atoms with Crippen molar-refractivity contribution in [1.82, 2.24) is 10.2 Å². The first-order valence-electron chi connectivity index (χ1n) is 13.7. The van der Waals surface area contributed by atoms with Crippen LogP contribution in [-0.2, 0) is 26.2 Å². The molecule has 0 aliphatic heterocycles. The molecule has 2 amide bonds. The number of anilines is 1. The Morgan fingerprint density at radius 2 is 1.61 bits per heavy atom. The second kappa shape index (κ2) is 14.6. The Bertz CT molecular complexity index is 1410. The highest BCUT2D eigenvalue weighted by Gasteiger charge is 2.33. The number of halogens is 1. The average molecular weight is 584 g/mol. The zero-order chi connectivity index (χ0) is 30.0. The van der Waals surface area contributed by atoms with Crippen LogP contribution in [0.5, 0.6) is 5.75 Å². The third-order valence-electron chi connectivity index (χ3n) is 6.65. The summed E-state index contributed by atoms with van der Waals surface area (Å²) < 4.78 is 48.0. The van der Waals surface area contributed by atoms with Gasteiger partial charge in [-0.15, -0.1) is 0 Å². The lowest BCUT2D eigenvalue weighted by Gasteiger charge is -2.33. The maximum Gasteiger partial charge on any atom is 0.264 e. The van der Waals surface area contributed by atoms with Gasteiger partial charge >= 0.3 is 0 Å². The van der Waals surface area contributed by atoms with Gasteiger partial charge in [0.2, 0.25) is 11.8 Å². The molecule has 0 bridgehead atoms. The fourth-order valence-electron chi connectivity index (χ4n) is 4.39. The zero-order valence-electron chi connectivity index (χ0n) is 24.0. The first-order valence-corrected chi connectivity index (χ1v) is 15.2. The third kappa shape index (κ3) is 8.07. The van der Waals surface area contributed by atoms with E-state index in [1.54, 1.807) is 0 Å². The van der Waals surface area contributed by atoms with Crippen molar-refractivity contribution in [3.8, 4) is 5.75 Å². The summed E-state index contributed by atoms with van der Waals surface area (Å²) in [7, 11) is -4.27. The fourth-order valence-corrected chi connectivity index (χ4v) is 5.81. The van der Waals surface area contributed by atoms with Gasteiger partial charge in [0.1, 0.15) is 24.2 Å². The SMILES string of the molecule is CCCNC(=O)[C@@H](CC)N(Cc1ccccc1C)C(=O)CN(c1ccc(F)cc1)S(=O)(=O)c1ccc(OCC)cc1. The van der Waals surface area contributed by atoms with E-state index in [0.717, 1.165) is 34.0 Å². The molecular formula is C31H38FN3O5S. The van der Waals surface area contributed by atoms with Crippen LogP contribution < -0.4 is 14.4 Å². The van der Waals surface area contributed by atoms with Crippen LogP contribution >= 0.6 is 0 Å². The number of carbonyl (C=O) groups excluding carboxylic acids is 2. The van der Waals surface area contributed by atoms with Gasteiger partial charge in [-0.2, -0.15) is 0 Å². The van der Waals surface area contributed by atoms with E-state index in [2.05, 4.69) is 5.32 Å². The number of hydrogen-bond donors (Lipinski definition) is 1. The van der Waals surface area contributed by atoms with Gasteiger partial charge in [0.15, 0.2) is 0 Å². The highest BCUT2D eigenvalue weighted by Crippen LogP contribution is 2.26. The van der Waals surface area contributed by atoms with Gasteiger partial charge in [0.05, 0.1) is 17.2 Å². The molecule has 0 fully saturated rings. The van der Waals surface area contributed by atoms with Gasteiger partial charge in [-0.05, 0) is 86.3 Å². The van der Waals surface area contributed by atoms with E-state index < -0.39 is 34.3 Å². The van der Waals surface area contributed by atoms with Crippen molar-refractivity contribution in [3.63, 3.8) is 0 Å². The third-order valence-corrected chi connectivity index (χ3v) is 8.44. The molecule has 1 atom stereocenters. The number of benzene rings is 3. The van der Waals surface area contributed by atoms with Crippen molar-refractivity contribution >= 4 is 27.5 Å². The van der Waals surface area contributed by atoms with Crippen LogP contribution in [0.4, 0.5) is 10.1 Å². The number of sulfonamides is 1. The van der Waals surface area contributed by atoms with Crippen LogP contribution in [-0.4, -0.2) is 50.9 Å². The minimum Gasteiger partial charge on any atom is -0.494 e. The van der Waals surface area contributed by atoms with Gasteiger partial charge in [-0.25, -0.2) is 12.8 Å². The Labute approximate surface area is 242 Å². The highest BCUT2D eigenvalue weighted by atomic mass is 32.2. The number of nitrogens with one attached hydrogen (secondary N) is 1. The summed E-state index contributed by atoms with van der Waals surface area (Å²) in [5.41, 5.74) is 1.89. The molecule has 0 spiro atoms. The van der Waals surface area contributed by atoms with E-state index in [4.69, 9.17) is 4.74 Å². The van der Waals surface area contributed by atoms with Crippen molar-refractivity contribution < 1.29 is 27.1 Å². The van der Waals surface area contributed by atoms with Crippen molar-refractivity contribution in [2.75, 3.05) is 24.0 Å². The molecule has 3 aromatic rings. The lowest BCUT2D eigenvalue weighted by Crippen LogP contribution is -2.52. The summed E-state index contributed by atoms with van der Waals surface area (Å²) in [4.78, 5) is 28.6. The van der Waals surface area contributed by atoms with Crippen LogP contribution in [0.1, 0.15) is 44.7 Å². The quantitative estimate of drug-likeness (QED) is 0.286. The van der Waals surface area contributed by atoms with Gasteiger partial charge in [0, 0.05) is 13.1 Å². The molecule has 41 heavy (non-hydrogen) atoms. The van der Waals surface area contributed by atoms with E-state index in [9.17, 15) is 22.4 Å². The molecule has 0 aromatic heterocycles. The summed E-state index contributed by atoms with van der Waals surface area (Å²) in [6.07, 6.45) is 1.06. The number of hydrogen-bond acceptors (Lipinski definition) is 5. The molecule has 0 unspecified atom stereocenters. The number of ether oxygens (including phenoxy) is 1. The fraction of sp³-hybridized carbons (Fsp3) is 0.355. The molecule has 0 saturated heterocycles. The minimum atomic E-state index is -4.27. The first kappa shape index (κ1) is 31.6. The normalized spacial score (nSPS) is 11.9. The zero-order valence-corrected chi connectivity index (χ0v) is 24.8. The summed E-state index contributed by atoms with van der Waals surface area (Å²) in [6.45, 7) is 7.87. The Kier molecular flexibility index (Phi) is 11.3. The van der Waals surface area contributed by atoms with Crippen molar-refractivity contribution in [1.29, 1.82) is 0 Å². The molecular weight excluding hydrogens is 545 g/mol. The number of rotatable bonds is 14. The van der Waals surface area contributed by atoms with Gasteiger partial charge < -0.3 is 15.0 Å². The van der Waals surface area contributed by atoms with E-state index in [1.807, 2.05) is 52.0 Å². The molecule has 1 N–H and O–H groups in total. The molecule has 0 aliphatic carbocycles. The molecule has 220 valence electrons. The molecule has 0 saturated carbocycles. The maximum absolute atomic E-state index is 14.1. The Hall–Kier alpha value is -3.92. The van der Waals surface area contributed by atoms with E-state index in [-0.39, 0.29) is 23.0 Å². The summed E-state index contributed by atoms with van der Waals surface area (Å²) in [5, 5.41) is 2.86. The Balaban J connectivity index is 2.05. The lowest BCUT2D eigenvalue weighted by molar-refractivity contribution is -0.140. The van der Waals surface area contributed by atoms with Gasteiger partial charge in [0.25, 0.3) is 10.0 Å². The van der Waals surface area contributed by atoms with Crippen LogP contribution in [0.25, 0.3) is 0 Å². The molecule has 8 nitrogen and oxygen atoms in total. The van der Waals surface area contributed by atoms with Crippen LogP contribution in [0.2, 0.25) is 0 Å². The molecule has 10 heteroatoms. The molecule has 0 aliphatic rings. The maximum atomic E-state index is 14.1. The van der Waals surface area contributed by atoms with Gasteiger partial charge in [-0.3, -0.25) is 13.9 Å². The Morgan fingerprint density at radius 1 is 0.951 bits per heavy atom. The topological polar surface area (TPSA) is 96.0 Å². The molecule has 3 rings (SSSR count). The number of amides is 2. The van der Waals surface area contributed by atoms with E-state index in [0.29, 0.717) is 25.3 Å². The number of carbonyl (C=O) groups is 2. The highest BCUT2D eigenvalue weighted by molar-refractivity contribution is 7.92. The van der Waals surface area contributed by atoms with E-state index in [1.165, 1.54) is 41.3 Å². The predicted octanol–water partition coefficient (Wildman–Crippen LogP) is 5.06. The second-order valence-electron chi connectivity index (χ2n) is 9.56. The van der Waals surface area contributed by atoms with Crippen LogP contribution in [0.15, 0.2) is 77.7 Å². The summed E-state index contributed by atoms with van der Waals surface area (Å²) in [5.74, 6) is -0.910.